The van der Waals surface area contributed by atoms with Crippen LogP contribution in [0.2, 0.25) is 0 Å². The molecule has 1 aromatic rings. The Bertz CT molecular complexity index is 964. The van der Waals surface area contributed by atoms with Crippen molar-refractivity contribution in [3.05, 3.63) is 47.7 Å². The van der Waals surface area contributed by atoms with Crippen LogP contribution in [0.1, 0.15) is 77.2 Å². The Balaban J connectivity index is 1.60. The number of ether oxygens (including phenoxy) is 1. The number of nitrogens with zero attached hydrogens (tertiary/aromatic N) is 1. The lowest BCUT2D eigenvalue weighted by molar-refractivity contribution is -0.162. The summed E-state index contributed by atoms with van der Waals surface area (Å²) in [6.07, 6.45) is 9.89. The van der Waals surface area contributed by atoms with Gasteiger partial charge in [0.15, 0.2) is 0 Å². The first-order valence-corrected chi connectivity index (χ1v) is 13.2. The van der Waals surface area contributed by atoms with E-state index in [9.17, 15) is 14.4 Å². The molecule has 2 aliphatic carbocycles. The van der Waals surface area contributed by atoms with Gasteiger partial charge in [-0.05, 0) is 49.0 Å². The van der Waals surface area contributed by atoms with Crippen LogP contribution in [-0.2, 0) is 25.7 Å². The van der Waals surface area contributed by atoms with Crippen molar-refractivity contribution in [2.75, 3.05) is 13.7 Å². The fourth-order valence-corrected chi connectivity index (χ4v) is 6.43. The molecule has 0 bridgehead atoms. The molecule has 1 saturated carbocycles. The summed E-state index contributed by atoms with van der Waals surface area (Å²) in [5, 5.41) is 3.09. The van der Waals surface area contributed by atoms with Crippen molar-refractivity contribution in [2.24, 2.45) is 22.7 Å². The molecular weight excluding hydrogens is 440 g/mol. The summed E-state index contributed by atoms with van der Waals surface area (Å²) >= 11 is 0. The van der Waals surface area contributed by atoms with Crippen LogP contribution < -0.4 is 5.32 Å². The molecule has 1 heterocycles. The minimum Gasteiger partial charge on any atom is -0.468 e. The Hall–Kier alpha value is -2.63. The predicted molar refractivity (Wildman–Crippen MR) is 135 cm³/mol. The average molecular weight is 481 g/mol. The fourth-order valence-electron chi connectivity index (χ4n) is 6.43. The smallest absolute Gasteiger partial charge is 0.317 e. The van der Waals surface area contributed by atoms with Gasteiger partial charge in [0, 0.05) is 24.6 Å². The second-order valence-electron chi connectivity index (χ2n) is 11.5. The highest BCUT2D eigenvalue weighted by molar-refractivity contribution is 5.92. The minimum absolute atomic E-state index is 0.0767. The van der Waals surface area contributed by atoms with Gasteiger partial charge >= 0.3 is 5.97 Å². The van der Waals surface area contributed by atoms with E-state index in [4.69, 9.17) is 4.74 Å². The van der Waals surface area contributed by atoms with E-state index in [1.807, 2.05) is 30.3 Å². The highest BCUT2D eigenvalue weighted by atomic mass is 16.5. The van der Waals surface area contributed by atoms with Crippen molar-refractivity contribution in [1.29, 1.82) is 0 Å². The third-order valence-electron chi connectivity index (χ3n) is 8.12. The summed E-state index contributed by atoms with van der Waals surface area (Å²) in [6.45, 7) is 5.35. The summed E-state index contributed by atoms with van der Waals surface area (Å²) in [4.78, 5) is 41.9. The molecule has 0 unspecified atom stereocenters. The Labute approximate surface area is 209 Å². The average Bonchev–Trinajstić information content (AvgIpc) is 2.85. The van der Waals surface area contributed by atoms with Crippen LogP contribution in [0.5, 0.6) is 0 Å². The number of allylic oxidation sites excluding steroid dienone is 1. The normalized spacial score (nSPS) is 26.5. The number of esters is 1. The van der Waals surface area contributed by atoms with Crippen molar-refractivity contribution in [1.82, 2.24) is 10.2 Å². The van der Waals surface area contributed by atoms with Crippen LogP contribution in [-0.4, -0.2) is 36.3 Å². The predicted octanol–water partition coefficient (Wildman–Crippen LogP) is 4.99. The van der Waals surface area contributed by atoms with E-state index in [1.54, 1.807) is 4.90 Å². The van der Waals surface area contributed by atoms with E-state index in [-0.39, 0.29) is 29.6 Å². The van der Waals surface area contributed by atoms with Crippen LogP contribution in [0.3, 0.4) is 0 Å². The number of benzene rings is 1. The van der Waals surface area contributed by atoms with Crippen molar-refractivity contribution < 1.29 is 19.1 Å². The number of carbonyl (C=O) groups is 3. The fraction of sp³-hybridized carbons (Fsp3) is 0.621. The molecule has 190 valence electrons. The highest BCUT2D eigenvalue weighted by Crippen LogP contribution is 2.55. The van der Waals surface area contributed by atoms with E-state index in [0.29, 0.717) is 31.8 Å². The SMILES string of the molecule is COC(=O)[C@@]12C[C@@H](CC(=O)NCC3CCCCC3)C(=O)N(Cc3ccccc3)C1=CCC(C)(C)C2. The van der Waals surface area contributed by atoms with Gasteiger partial charge in [-0.2, -0.15) is 0 Å². The molecule has 1 aromatic carbocycles. The van der Waals surface area contributed by atoms with Gasteiger partial charge in [-0.1, -0.05) is 69.5 Å². The summed E-state index contributed by atoms with van der Waals surface area (Å²) < 4.78 is 5.34. The molecule has 2 fully saturated rings. The van der Waals surface area contributed by atoms with Gasteiger partial charge in [0.05, 0.1) is 13.7 Å². The van der Waals surface area contributed by atoms with E-state index < -0.39 is 11.3 Å². The van der Waals surface area contributed by atoms with E-state index >= 15 is 0 Å². The number of piperidine rings is 1. The van der Waals surface area contributed by atoms with Crippen LogP contribution in [0.15, 0.2) is 42.1 Å². The molecule has 1 saturated heterocycles. The molecule has 6 nitrogen and oxygen atoms in total. The maximum absolute atomic E-state index is 13.8. The lowest BCUT2D eigenvalue weighted by atomic mass is 9.59. The number of rotatable bonds is 7. The van der Waals surface area contributed by atoms with E-state index in [0.717, 1.165) is 30.5 Å². The quantitative estimate of drug-likeness (QED) is 0.558. The number of hydrogen-bond donors (Lipinski definition) is 1. The Morgan fingerprint density at radius 2 is 1.83 bits per heavy atom. The Kier molecular flexibility index (Phi) is 7.67. The van der Waals surface area contributed by atoms with Crippen LogP contribution in [0.25, 0.3) is 0 Å². The first kappa shape index (κ1) is 25.5. The number of carbonyl (C=O) groups excluding carboxylic acids is 3. The second-order valence-corrected chi connectivity index (χ2v) is 11.5. The summed E-state index contributed by atoms with van der Waals surface area (Å²) in [5.74, 6) is -0.521. The van der Waals surface area contributed by atoms with Gasteiger partial charge < -0.3 is 15.0 Å². The molecule has 6 heteroatoms. The summed E-state index contributed by atoms with van der Waals surface area (Å²) in [7, 11) is 1.42. The molecule has 2 amide bonds. The highest BCUT2D eigenvalue weighted by Gasteiger charge is 2.57. The Morgan fingerprint density at radius 3 is 2.51 bits per heavy atom. The third-order valence-corrected chi connectivity index (χ3v) is 8.12. The molecule has 4 rings (SSSR count). The van der Waals surface area contributed by atoms with Crippen LogP contribution in [0, 0.1) is 22.7 Å². The summed E-state index contributed by atoms with van der Waals surface area (Å²) in [5.41, 5.74) is 0.710. The number of hydrogen-bond acceptors (Lipinski definition) is 4. The van der Waals surface area contributed by atoms with Gasteiger partial charge in [-0.3, -0.25) is 14.4 Å². The molecule has 0 aromatic heterocycles. The van der Waals surface area contributed by atoms with Gasteiger partial charge in [-0.25, -0.2) is 0 Å². The van der Waals surface area contributed by atoms with Gasteiger partial charge in [0.1, 0.15) is 5.41 Å². The monoisotopic (exact) mass is 480 g/mol. The lowest BCUT2D eigenvalue weighted by Gasteiger charge is -2.51. The first-order chi connectivity index (χ1) is 16.7. The maximum Gasteiger partial charge on any atom is 0.317 e. The molecule has 35 heavy (non-hydrogen) atoms. The molecule has 3 aliphatic rings. The van der Waals surface area contributed by atoms with Crippen molar-refractivity contribution in [2.45, 2.75) is 78.2 Å². The first-order valence-electron chi connectivity index (χ1n) is 13.2. The number of methoxy groups -OCH3 is 1. The number of nitrogens with one attached hydrogen (secondary N) is 1. The van der Waals surface area contributed by atoms with Gasteiger partial charge in [0.2, 0.25) is 11.8 Å². The Morgan fingerprint density at radius 1 is 1.11 bits per heavy atom. The minimum atomic E-state index is -0.923. The molecule has 0 spiro atoms. The molecule has 1 aliphatic heterocycles. The topological polar surface area (TPSA) is 75.7 Å². The molecule has 0 radical (unpaired) electrons. The standard InChI is InChI=1S/C29H40N2O4/c1-28(2)15-14-24-29(20-28,27(34)35-3)17-23(16-25(32)30-18-21-10-6-4-7-11-21)26(33)31(24)19-22-12-8-5-9-13-22/h5,8-9,12-14,21,23H,4,6-7,10-11,15-20H2,1-3H3,(H,30,32)/t23-,29-/m1/s1. The van der Waals surface area contributed by atoms with Crippen LogP contribution >= 0.6 is 0 Å². The number of likely N-dealkylation sites (tertiary alicyclic amines) is 1. The van der Waals surface area contributed by atoms with E-state index in [1.165, 1.54) is 26.4 Å². The van der Waals surface area contributed by atoms with Crippen molar-refractivity contribution in [3.63, 3.8) is 0 Å². The number of amides is 2. The zero-order valence-electron chi connectivity index (χ0n) is 21.5. The maximum atomic E-state index is 13.8. The molecule has 2 atom stereocenters. The largest absolute Gasteiger partial charge is 0.468 e. The summed E-state index contributed by atoms with van der Waals surface area (Å²) in [6, 6.07) is 9.82. The third kappa shape index (κ3) is 5.62. The van der Waals surface area contributed by atoms with Gasteiger partial charge in [0.25, 0.3) is 0 Å². The second kappa shape index (κ2) is 10.5. The zero-order chi connectivity index (χ0) is 25.1. The zero-order valence-corrected chi connectivity index (χ0v) is 21.5. The van der Waals surface area contributed by atoms with Crippen molar-refractivity contribution >= 4 is 17.8 Å². The van der Waals surface area contributed by atoms with E-state index in [2.05, 4.69) is 25.2 Å². The molecule has 1 N–H and O–H groups in total. The lowest BCUT2D eigenvalue weighted by Crippen LogP contribution is -2.55. The van der Waals surface area contributed by atoms with Gasteiger partial charge in [-0.15, -0.1) is 0 Å². The van der Waals surface area contributed by atoms with Crippen LogP contribution in [0.4, 0.5) is 0 Å². The van der Waals surface area contributed by atoms with Crippen molar-refractivity contribution in [3.8, 4) is 0 Å². The molecular formula is C29H40N2O4. The number of fused-ring (bicyclic) bond motifs is 1.